The van der Waals surface area contributed by atoms with E-state index >= 15 is 0 Å². The lowest BCUT2D eigenvalue weighted by Gasteiger charge is -2.09. The highest BCUT2D eigenvalue weighted by molar-refractivity contribution is 9.08. The molecule has 82 valence electrons. The molecule has 1 aromatic rings. The highest BCUT2D eigenvalue weighted by Crippen LogP contribution is 2.31. The molecular weight excluding hydrogens is 295 g/mol. The Morgan fingerprint density at radius 3 is 2.67 bits per heavy atom. The van der Waals surface area contributed by atoms with Crippen LogP contribution in [0, 0.1) is 0 Å². The number of nitrogens with zero attached hydrogens (tertiary/aromatic N) is 1. The van der Waals surface area contributed by atoms with Crippen LogP contribution in [-0.4, -0.2) is 16.1 Å². The van der Waals surface area contributed by atoms with Gasteiger partial charge in [0.1, 0.15) is 0 Å². The number of rotatable bonds is 3. The lowest BCUT2D eigenvalue weighted by molar-refractivity contribution is 0.0683. The number of aromatic carboxylic acids is 1. The fraction of sp³-hybridized carbons (Fsp3) is 0.250. The Morgan fingerprint density at radius 2 is 2.27 bits per heavy atom. The van der Waals surface area contributed by atoms with E-state index < -0.39 is 23.5 Å². The number of carbonyl (C=O) groups is 1. The van der Waals surface area contributed by atoms with E-state index in [9.17, 15) is 13.6 Å². The maximum atomic E-state index is 12.6. The van der Waals surface area contributed by atoms with Crippen LogP contribution in [-0.2, 0) is 5.33 Å². The Balaban J connectivity index is 3.51. The minimum absolute atomic E-state index is 0.0298. The summed E-state index contributed by atoms with van der Waals surface area (Å²) in [7, 11) is 0. The summed E-state index contributed by atoms with van der Waals surface area (Å²) >= 11 is 8.45. The summed E-state index contributed by atoms with van der Waals surface area (Å²) in [5.74, 6) is -1.46. The lowest BCUT2D eigenvalue weighted by atomic mass is 10.1. The first kappa shape index (κ1) is 12.3. The Kier molecular flexibility index (Phi) is 3.98. The van der Waals surface area contributed by atoms with Crippen molar-refractivity contribution < 1.29 is 18.7 Å². The molecule has 7 heteroatoms. The minimum Gasteiger partial charge on any atom is -0.478 e. The second-order valence-corrected chi connectivity index (χ2v) is 3.55. The van der Waals surface area contributed by atoms with E-state index in [1.54, 1.807) is 0 Å². The Labute approximate surface area is 97.2 Å². The predicted molar refractivity (Wildman–Crippen MR) is 53.8 cm³/mol. The molecule has 1 aromatic heterocycles. The van der Waals surface area contributed by atoms with Crippen molar-refractivity contribution in [2.75, 3.05) is 0 Å². The molecule has 0 fully saturated rings. The van der Waals surface area contributed by atoms with Gasteiger partial charge in [0, 0.05) is 11.5 Å². The summed E-state index contributed by atoms with van der Waals surface area (Å²) < 4.78 is 25.1. The number of hydrogen-bond donors (Lipinski definition) is 1. The van der Waals surface area contributed by atoms with E-state index in [1.807, 2.05) is 0 Å². The fourth-order valence-corrected chi connectivity index (χ4v) is 1.75. The van der Waals surface area contributed by atoms with Crippen LogP contribution in [0.4, 0.5) is 8.78 Å². The summed E-state index contributed by atoms with van der Waals surface area (Å²) in [6.07, 6.45) is -1.92. The molecule has 15 heavy (non-hydrogen) atoms. The Hall–Kier alpha value is -0.750. The van der Waals surface area contributed by atoms with Crippen molar-refractivity contribution in [2.24, 2.45) is 0 Å². The smallest absolute Gasteiger partial charge is 0.338 e. The van der Waals surface area contributed by atoms with Gasteiger partial charge >= 0.3 is 5.97 Å². The number of aromatic nitrogens is 1. The van der Waals surface area contributed by atoms with Crippen molar-refractivity contribution in [3.05, 3.63) is 28.0 Å². The molecular formula is C8H5BrClF2NO2. The van der Waals surface area contributed by atoms with Crippen LogP contribution in [0.2, 0.25) is 5.02 Å². The number of carboxylic acids is 1. The number of pyridine rings is 1. The van der Waals surface area contributed by atoms with Gasteiger partial charge in [0.05, 0.1) is 21.8 Å². The molecule has 0 saturated heterocycles. The topological polar surface area (TPSA) is 50.2 Å². The number of hydrogen-bond acceptors (Lipinski definition) is 2. The summed E-state index contributed by atoms with van der Waals surface area (Å²) in [4.78, 5) is 14.5. The van der Waals surface area contributed by atoms with E-state index in [-0.39, 0.29) is 16.0 Å². The molecule has 0 aliphatic heterocycles. The van der Waals surface area contributed by atoms with Crippen LogP contribution < -0.4 is 0 Å². The summed E-state index contributed by atoms with van der Waals surface area (Å²) in [6, 6.07) is 0. The van der Waals surface area contributed by atoms with Gasteiger partial charge in [-0.2, -0.15) is 0 Å². The van der Waals surface area contributed by atoms with Gasteiger partial charge in [-0.15, -0.1) is 0 Å². The molecule has 0 aliphatic rings. The molecule has 0 amide bonds. The van der Waals surface area contributed by atoms with Crippen LogP contribution in [0.1, 0.15) is 28.0 Å². The van der Waals surface area contributed by atoms with Gasteiger partial charge in [-0.25, -0.2) is 13.6 Å². The molecule has 1 heterocycles. The molecule has 0 aliphatic carbocycles. The van der Waals surface area contributed by atoms with Crippen LogP contribution in [0.3, 0.4) is 0 Å². The molecule has 1 N–H and O–H groups in total. The van der Waals surface area contributed by atoms with E-state index in [0.717, 1.165) is 6.20 Å². The van der Waals surface area contributed by atoms with Gasteiger partial charge in [0.25, 0.3) is 6.43 Å². The monoisotopic (exact) mass is 299 g/mol. The SMILES string of the molecule is O=C(O)c1c(CBr)ncc(Cl)c1C(F)F. The lowest BCUT2D eigenvalue weighted by Crippen LogP contribution is -2.09. The zero-order valence-corrected chi connectivity index (χ0v) is 9.52. The first-order valence-electron chi connectivity index (χ1n) is 3.73. The van der Waals surface area contributed by atoms with Crippen molar-refractivity contribution in [3.8, 4) is 0 Å². The van der Waals surface area contributed by atoms with Crippen LogP contribution in [0.15, 0.2) is 6.20 Å². The quantitative estimate of drug-likeness (QED) is 0.872. The molecule has 0 radical (unpaired) electrons. The first-order chi connectivity index (χ1) is 6.99. The maximum absolute atomic E-state index is 12.6. The molecule has 0 atom stereocenters. The highest BCUT2D eigenvalue weighted by atomic mass is 79.9. The van der Waals surface area contributed by atoms with Crippen LogP contribution in [0.5, 0.6) is 0 Å². The number of carboxylic acid groups (broad SMARTS) is 1. The van der Waals surface area contributed by atoms with Crippen molar-refractivity contribution in [1.82, 2.24) is 4.98 Å². The summed E-state index contributed by atoms with van der Waals surface area (Å²) in [5.41, 5.74) is -1.19. The average Bonchev–Trinajstić information content (AvgIpc) is 2.16. The third kappa shape index (κ3) is 2.43. The van der Waals surface area contributed by atoms with Gasteiger partial charge < -0.3 is 5.11 Å². The first-order valence-corrected chi connectivity index (χ1v) is 5.23. The number of alkyl halides is 3. The normalized spacial score (nSPS) is 10.7. The van der Waals surface area contributed by atoms with E-state index in [0.29, 0.717) is 0 Å². The fourth-order valence-electron chi connectivity index (χ4n) is 1.10. The third-order valence-electron chi connectivity index (χ3n) is 1.71. The molecule has 0 aromatic carbocycles. The zero-order valence-electron chi connectivity index (χ0n) is 7.18. The number of halogens is 4. The van der Waals surface area contributed by atoms with Gasteiger partial charge in [0.2, 0.25) is 0 Å². The summed E-state index contributed by atoms with van der Waals surface area (Å²) in [5, 5.41) is 8.53. The standard InChI is InChI=1S/C8H5BrClF2NO2/c9-1-4-6(8(14)15)5(7(11)12)3(10)2-13-4/h2,7H,1H2,(H,14,15). The Bertz CT molecular complexity index is 400. The van der Waals surface area contributed by atoms with Crippen molar-refractivity contribution in [2.45, 2.75) is 11.8 Å². The molecule has 3 nitrogen and oxygen atoms in total. The van der Waals surface area contributed by atoms with Crippen LogP contribution in [0.25, 0.3) is 0 Å². The highest BCUT2D eigenvalue weighted by Gasteiger charge is 2.25. The van der Waals surface area contributed by atoms with Crippen molar-refractivity contribution in [1.29, 1.82) is 0 Å². The second-order valence-electron chi connectivity index (χ2n) is 2.58. The maximum Gasteiger partial charge on any atom is 0.338 e. The molecule has 0 saturated carbocycles. The predicted octanol–water partition coefficient (Wildman–Crippen LogP) is 3.27. The molecule has 0 unspecified atom stereocenters. The van der Waals surface area contributed by atoms with Crippen molar-refractivity contribution >= 4 is 33.5 Å². The van der Waals surface area contributed by atoms with E-state index in [2.05, 4.69) is 20.9 Å². The summed E-state index contributed by atoms with van der Waals surface area (Å²) in [6.45, 7) is 0. The molecule has 1 rings (SSSR count). The van der Waals surface area contributed by atoms with Crippen molar-refractivity contribution in [3.63, 3.8) is 0 Å². The third-order valence-corrected chi connectivity index (χ3v) is 2.54. The van der Waals surface area contributed by atoms with Gasteiger partial charge in [-0.1, -0.05) is 27.5 Å². The Morgan fingerprint density at radius 1 is 1.67 bits per heavy atom. The van der Waals surface area contributed by atoms with Crippen LogP contribution >= 0.6 is 27.5 Å². The van der Waals surface area contributed by atoms with Gasteiger partial charge in [-0.05, 0) is 0 Å². The molecule has 0 spiro atoms. The average molecular weight is 300 g/mol. The van der Waals surface area contributed by atoms with Gasteiger partial charge in [-0.3, -0.25) is 4.98 Å². The largest absolute Gasteiger partial charge is 0.478 e. The minimum atomic E-state index is -2.94. The van der Waals surface area contributed by atoms with Gasteiger partial charge in [0.15, 0.2) is 0 Å². The zero-order chi connectivity index (χ0) is 11.6. The van der Waals surface area contributed by atoms with E-state index in [1.165, 1.54) is 0 Å². The second kappa shape index (κ2) is 4.85. The van der Waals surface area contributed by atoms with E-state index in [4.69, 9.17) is 16.7 Å². The molecule has 0 bridgehead atoms.